The van der Waals surface area contributed by atoms with Gasteiger partial charge in [0.05, 0.1) is 11.6 Å². The lowest BCUT2D eigenvalue weighted by atomic mass is 9.89. The predicted octanol–water partition coefficient (Wildman–Crippen LogP) is 2.95. The molecule has 1 N–H and O–H groups in total. The first-order valence-electron chi connectivity index (χ1n) is 5.98. The van der Waals surface area contributed by atoms with Gasteiger partial charge in [0.15, 0.2) is 0 Å². The van der Waals surface area contributed by atoms with Gasteiger partial charge in [-0.05, 0) is 30.9 Å². The molecule has 0 aliphatic heterocycles. The highest BCUT2D eigenvalue weighted by Gasteiger charge is 2.12. The third-order valence-electron chi connectivity index (χ3n) is 3.19. The molecule has 0 bridgehead atoms. The van der Waals surface area contributed by atoms with Gasteiger partial charge in [0.25, 0.3) is 0 Å². The summed E-state index contributed by atoms with van der Waals surface area (Å²) in [7, 11) is 0. The Morgan fingerprint density at radius 1 is 1.38 bits per heavy atom. The molecule has 1 aromatic rings. The van der Waals surface area contributed by atoms with E-state index in [9.17, 15) is 0 Å². The van der Waals surface area contributed by atoms with Crippen LogP contribution in [0.4, 0.5) is 5.82 Å². The molecule has 1 aliphatic rings. The highest BCUT2D eigenvalue weighted by atomic mass is 15.0. The molecule has 1 fully saturated rings. The van der Waals surface area contributed by atoms with E-state index in [1.165, 1.54) is 32.1 Å². The van der Waals surface area contributed by atoms with Crippen LogP contribution in [0, 0.1) is 17.2 Å². The van der Waals surface area contributed by atoms with Crippen LogP contribution in [-0.4, -0.2) is 11.5 Å². The van der Waals surface area contributed by atoms with E-state index < -0.39 is 0 Å². The SMILES string of the molecule is N#Cc1ccnc(NCC2CCCCC2)c1. The number of aromatic nitrogens is 1. The Kier molecular flexibility index (Phi) is 3.76. The zero-order valence-corrected chi connectivity index (χ0v) is 9.45. The summed E-state index contributed by atoms with van der Waals surface area (Å²) in [5.41, 5.74) is 0.668. The van der Waals surface area contributed by atoms with E-state index >= 15 is 0 Å². The number of anilines is 1. The second-order valence-corrected chi connectivity index (χ2v) is 4.43. The third-order valence-corrected chi connectivity index (χ3v) is 3.19. The molecular formula is C13H17N3. The Morgan fingerprint density at radius 3 is 2.94 bits per heavy atom. The van der Waals surface area contributed by atoms with E-state index in [1.807, 2.05) is 6.07 Å². The molecule has 3 heteroatoms. The van der Waals surface area contributed by atoms with Gasteiger partial charge in [-0.15, -0.1) is 0 Å². The largest absolute Gasteiger partial charge is 0.370 e. The molecule has 1 heterocycles. The van der Waals surface area contributed by atoms with Crippen molar-refractivity contribution in [3.05, 3.63) is 23.9 Å². The van der Waals surface area contributed by atoms with Crippen LogP contribution in [0.15, 0.2) is 18.3 Å². The van der Waals surface area contributed by atoms with Gasteiger partial charge in [0, 0.05) is 12.7 Å². The molecule has 1 aromatic heterocycles. The fourth-order valence-corrected chi connectivity index (χ4v) is 2.24. The van der Waals surface area contributed by atoms with E-state index in [4.69, 9.17) is 5.26 Å². The van der Waals surface area contributed by atoms with Crippen LogP contribution in [0.5, 0.6) is 0 Å². The minimum atomic E-state index is 0.668. The summed E-state index contributed by atoms with van der Waals surface area (Å²) in [5, 5.41) is 12.1. The van der Waals surface area contributed by atoms with Gasteiger partial charge in [0.2, 0.25) is 0 Å². The van der Waals surface area contributed by atoms with E-state index in [2.05, 4.69) is 16.4 Å². The number of pyridine rings is 1. The maximum atomic E-state index is 8.77. The van der Waals surface area contributed by atoms with Crippen LogP contribution in [0.25, 0.3) is 0 Å². The molecule has 0 atom stereocenters. The smallest absolute Gasteiger partial charge is 0.127 e. The Balaban J connectivity index is 1.86. The molecule has 1 saturated carbocycles. The first-order valence-corrected chi connectivity index (χ1v) is 5.98. The van der Waals surface area contributed by atoms with Crippen LogP contribution < -0.4 is 5.32 Å². The summed E-state index contributed by atoms with van der Waals surface area (Å²) in [6, 6.07) is 5.66. The van der Waals surface area contributed by atoms with Gasteiger partial charge in [-0.1, -0.05) is 19.3 Å². The molecule has 84 valence electrons. The van der Waals surface area contributed by atoms with E-state index in [-0.39, 0.29) is 0 Å². The molecule has 0 unspecified atom stereocenters. The number of nitrogens with zero attached hydrogens (tertiary/aromatic N) is 2. The standard InChI is InChI=1S/C13H17N3/c14-9-12-6-7-15-13(8-12)16-10-11-4-2-1-3-5-11/h6-8,11H,1-5,10H2,(H,15,16). The molecular weight excluding hydrogens is 198 g/mol. The summed E-state index contributed by atoms with van der Waals surface area (Å²) >= 11 is 0. The monoisotopic (exact) mass is 215 g/mol. The zero-order valence-electron chi connectivity index (χ0n) is 9.45. The zero-order chi connectivity index (χ0) is 11.2. The van der Waals surface area contributed by atoms with Crippen molar-refractivity contribution in [1.29, 1.82) is 5.26 Å². The number of hydrogen-bond donors (Lipinski definition) is 1. The lowest BCUT2D eigenvalue weighted by Gasteiger charge is -2.21. The Bertz CT molecular complexity index is 375. The normalized spacial score (nSPS) is 16.7. The molecule has 1 aliphatic carbocycles. The van der Waals surface area contributed by atoms with Gasteiger partial charge in [-0.2, -0.15) is 5.26 Å². The summed E-state index contributed by atoms with van der Waals surface area (Å²) in [6.45, 7) is 0.988. The second kappa shape index (κ2) is 5.50. The average molecular weight is 215 g/mol. The average Bonchev–Trinajstić information content (AvgIpc) is 2.38. The molecule has 2 rings (SSSR count). The predicted molar refractivity (Wildman–Crippen MR) is 64.0 cm³/mol. The first-order chi connectivity index (χ1) is 7.88. The molecule has 0 amide bonds. The van der Waals surface area contributed by atoms with Gasteiger partial charge < -0.3 is 5.32 Å². The summed E-state index contributed by atoms with van der Waals surface area (Å²) in [5.74, 6) is 1.60. The van der Waals surface area contributed by atoms with Crippen LogP contribution in [0.3, 0.4) is 0 Å². The maximum Gasteiger partial charge on any atom is 0.127 e. The lowest BCUT2D eigenvalue weighted by molar-refractivity contribution is 0.373. The van der Waals surface area contributed by atoms with Crippen LogP contribution >= 0.6 is 0 Å². The van der Waals surface area contributed by atoms with Crippen LogP contribution in [0.1, 0.15) is 37.7 Å². The van der Waals surface area contributed by atoms with Gasteiger partial charge in [0.1, 0.15) is 5.82 Å². The van der Waals surface area contributed by atoms with Gasteiger partial charge >= 0.3 is 0 Å². The molecule has 16 heavy (non-hydrogen) atoms. The Morgan fingerprint density at radius 2 is 2.19 bits per heavy atom. The number of nitriles is 1. The minimum Gasteiger partial charge on any atom is -0.370 e. The number of hydrogen-bond acceptors (Lipinski definition) is 3. The number of rotatable bonds is 3. The molecule has 0 saturated heterocycles. The van der Waals surface area contributed by atoms with E-state index in [1.54, 1.807) is 12.3 Å². The van der Waals surface area contributed by atoms with Crippen molar-refractivity contribution in [3.8, 4) is 6.07 Å². The number of nitrogens with one attached hydrogen (secondary N) is 1. The quantitative estimate of drug-likeness (QED) is 0.843. The lowest BCUT2D eigenvalue weighted by Crippen LogP contribution is -2.17. The van der Waals surface area contributed by atoms with Crippen LogP contribution in [0.2, 0.25) is 0 Å². The molecule has 0 aromatic carbocycles. The second-order valence-electron chi connectivity index (χ2n) is 4.43. The molecule has 3 nitrogen and oxygen atoms in total. The van der Waals surface area contributed by atoms with Crippen molar-refractivity contribution in [2.75, 3.05) is 11.9 Å². The van der Waals surface area contributed by atoms with Crippen molar-refractivity contribution in [2.45, 2.75) is 32.1 Å². The van der Waals surface area contributed by atoms with Crippen molar-refractivity contribution < 1.29 is 0 Å². The molecule has 0 radical (unpaired) electrons. The highest BCUT2D eigenvalue weighted by Crippen LogP contribution is 2.23. The van der Waals surface area contributed by atoms with Gasteiger partial charge in [-0.3, -0.25) is 0 Å². The van der Waals surface area contributed by atoms with E-state index in [0.29, 0.717) is 5.56 Å². The highest BCUT2D eigenvalue weighted by molar-refractivity contribution is 5.42. The van der Waals surface area contributed by atoms with Crippen molar-refractivity contribution in [2.24, 2.45) is 5.92 Å². The van der Waals surface area contributed by atoms with Crippen LogP contribution in [-0.2, 0) is 0 Å². The Hall–Kier alpha value is -1.56. The van der Waals surface area contributed by atoms with Crippen molar-refractivity contribution in [3.63, 3.8) is 0 Å². The summed E-state index contributed by atoms with van der Waals surface area (Å²) in [4.78, 5) is 4.21. The fourth-order valence-electron chi connectivity index (χ4n) is 2.24. The summed E-state index contributed by atoms with van der Waals surface area (Å²) in [6.07, 6.45) is 8.44. The third kappa shape index (κ3) is 2.96. The fraction of sp³-hybridized carbons (Fsp3) is 0.538. The van der Waals surface area contributed by atoms with Crippen molar-refractivity contribution in [1.82, 2.24) is 4.98 Å². The topological polar surface area (TPSA) is 48.7 Å². The van der Waals surface area contributed by atoms with Gasteiger partial charge in [-0.25, -0.2) is 4.98 Å². The maximum absolute atomic E-state index is 8.77. The van der Waals surface area contributed by atoms with Crippen molar-refractivity contribution >= 4 is 5.82 Å². The first kappa shape index (κ1) is 10.9. The molecule has 0 spiro atoms. The minimum absolute atomic E-state index is 0.668. The summed E-state index contributed by atoms with van der Waals surface area (Å²) < 4.78 is 0. The Labute approximate surface area is 96.5 Å². The van der Waals surface area contributed by atoms with E-state index in [0.717, 1.165) is 18.3 Å².